The lowest BCUT2D eigenvalue weighted by Gasteiger charge is -2.37. The van der Waals surface area contributed by atoms with Crippen LogP contribution in [-0.4, -0.2) is 47.0 Å². The summed E-state index contributed by atoms with van der Waals surface area (Å²) in [5.74, 6) is 1.35. The lowest BCUT2D eigenvalue weighted by molar-refractivity contribution is -0.131. The van der Waals surface area contributed by atoms with E-state index in [1.165, 1.54) is 0 Å². The van der Waals surface area contributed by atoms with E-state index in [-0.39, 0.29) is 11.9 Å². The lowest BCUT2D eigenvalue weighted by atomic mass is 10.1. The molecule has 0 aliphatic carbocycles. The SMILES string of the molecule is CC(C)c1cc(N2CC(=O)N(C)[C@@H](C)C2)ncn1. The highest BCUT2D eigenvalue weighted by atomic mass is 16.2. The van der Waals surface area contributed by atoms with Gasteiger partial charge in [0.2, 0.25) is 5.91 Å². The van der Waals surface area contributed by atoms with Crippen molar-refractivity contribution in [3.05, 3.63) is 18.1 Å². The van der Waals surface area contributed by atoms with E-state index in [0.717, 1.165) is 18.1 Å². The molecule has 1 atom stereocenters. The number of nitrogens with zero attached hydrogens (tertiary/aromatic N) is 4. The molecule has 1 aliphatic rings. The first-order valence-corrected chi connectivity index (χ1v) is 6.31. The fourth-order valence-corrected chi connectivity index (χ4v) is 2.05. The molecule has 5 heteroatoms. The van der Waals surface area contributed by atoms with Gasteiger partial charge in [0.1, 0.15) is 12.1 Å². The maximum atomic E-state index is 11.8. The molecule has 98 valence electrons. The van der Waals surface area contributed by atoms with Gasteiger partial charge in [0.25, 0.3) is 0 Å². The van der Waals surface area contributed by atoms with E-state index in [2.05, 4.69) is 30.7 Å². The van der Waals surface area contributed by atoms with Crippen LogP contribution in [0, 0.1) is 0 Å². The number of carbonyl (C=O) groups excluding carboxylic acids is 1. The van der Waals surface area contributed by atoms with Crippen molar-refractivity contribution >= 4 is 11.7 Å². The molecule has 0 unspecified atom stereocenters. The molecule has 0 N–H and O–H groups in total. The van der Waals surface area contributed by atoms with E-state index >= 15 is 0 Å². The van der Waals surface area contributed by atoms with Gasteiger partial charge in [0, 0.05) is 31.4 Å². The molecule has 2 rings (SSSR count). The molecule has 1 aromatic rings. The van der Waals surface area contributed by atoms with Crippen LogP contribution in [0.1, 0.15) is 32.4 Å². The van der Waals surface area contributed by atoms with Crippen LogP contribution in [-0.2, 0) is 4.79 Å². The summed E-state index contributed by atoms with van der Waals surface area (Å²) < 4.78 is 0. The van der Waals surface area contributed by atoms with Crippen molar-refractivity contribution in [1.82, 2.24) is 14.9 Å². The third kappa shape index (κ3) is 2.44. The molecule has 1 saturated heterocycles. The normalized spacial score (nSPS) is 20.7. The Morgan fingerprint density at radius 3 is 2.72 bits per heavy atom. The van der Waals surface area contributed by atoms with Gasteiger partial charge in [-0.15, -0.1) is 0 Å². The molecule has 5 nitrogen and oxygen atoms in total. The van der Waals surface area contributed by atoms with Crippen LogP contribution in [0.15, 0.2) is 12.4 Å². The Balaban J connectivity index is 2.21. The minimum absolute atomic E-state index is 0.137. The number of anilines is 1. The Labute approximate surface area is 108 Å². The topological polar surface area (TPSA) is 49.3 Å². The summed E-state index contributed by atoms with van der Waals surface area (Å²) in [6.45, 7) is 7.47. The molecule has 0 spiro atoms. The van der Waals surface area contributed by atoms with Gasteiger partial charge in [-0.25, -0.2) is 9.97 Å². The highest BCUT2D eigenvalue weighted by molar-refractivity contribution is 5.82. The molecule has 1 aromatic heterocycles. The lowest BCUT2D eigenvalue weighted by Crippen LogP contribution is -2.53. The van der Waals surface area contributed by atoms with Crippen molar-refractivity contribution in [3.8, 4) is 0 Å². The predicted molar refractivity (Wildman–Crippen MR) is 70.6 cm³/mol. The summed E-state index contributed by atoms with van der Waals surface area (Å²) in [4.78, 5) is 24.2. The van der Waals surface area contributed by atoms with Crippen molar-refractivity contribution in [1.29, 1.82) is 0 Å². The molecular formula is C13H20N4O. The van der Waals surface area contributed by atoms with Crippen molar-refractivity contribution in [2.24, 2.45) is 0 Å². The third-order valence-electron chi connectivity index (χ3n) is 3.45. The van der Waals surface area contributed by atoms with Crippen molar-refractivity contribution in [3.63, 3.8) is 0 Å². The van der Waals surface area contributed by atoms with Gasteiger partial charge in [-0.2, -0.15) is 0 Å². The van der Waals surface area contributed by atoms with Gasteiger partial charge >= 0.3 is 0 Å². The summed E-state index contributed by atoms with van der Waals surface area (Å²) >= 11 is 0. The van der Waals surface area contributed by atoms with Crippen molar-refractivity contribution in [2.75, 3.05) is 25.0 Å². The number of piperazine rings is 1. The average molecular weight is 248 g/mol. The standard InChI is InChI=1S/C13H20N4O/c1-9(2)11-5-12(15-8-14-11)17-6-10(3)16(4)13(18)7-17/h5,8-10H,6-7H2,1-4H3/t10-/m0/s1. The second-order valence-corrected chi connectivity index (χ2v) is 5.19. The molecule has 0 bridgehead atoms. The van der Waals surface area contributed by atoms with E-state index < -0.39 is 0 Å². The molecule has 1 amide bonds. The Morgan fingerprint density at radius 2 is 2.11 bits per heavy atom. The smallest absolute Gasteiger partial charge is 0.242 e. The number of hydrogen-bond donors (Lipinski definition) is 0. The number of carbonyl (C=O) groups is 1. The van der Waals surface area contributed by atoms with E-state index in [4.69, 9.17) is 0 Å². The summed E-state index contributed by atoms with van der Waals surface area (Å²) in [5, 5.41) is 0. The Hall–Kier alpha value is -1.65. The summed E-state index contributed by atoms with van der Waals surface area (Å²) in [6, 6.07) is 2.19. The highest BCUT2D eigenvalue weighted by Gasteiger charge is 2.27. The number of amides is 1. The molecule has 1 aliphatic heterocycles. The third-order valence-corrected chi connectivity index (χ3v) is 3.45. The van der Waals surface area contributed by atoms with Gasteiger partial charge in [-0.1, -0.05) is 13.8 Å². The summed E-state index contributed by atoms with van der Waals surface area (Å²) in [6.07, 6.45) is 1.58. The van der Waals surface area contributed by atoms with Gasteiger partial charge in [0.15, 0.2) is 0 Å². The summed E-state index contributed by atoms with van der Waals surface area (Å²) in [7, 11) is 1.85. The minimum Gasteiger partial charge on any atom is -0.345 e. The molecule has 18 heavy (non-hydrogen) atoms. The van der Waals surface area contributed by atoms with Crippen molar-refractivity contribution < 1.29 is 4.79 Å². The largest absolute Gasteiger partial charge is 0.345 e. The van der Waals surface area contributed by atoms with Crippen LogP contribution in [0.25, 0.3) is 0 Å². The quantitative estimate of drug-likeness (QED) is 0.791. The molecule has 0 saturated carbocycles. The van der Waals surface area contributed by atoms with Gasteiger partial charge < -0.3 is 9.80 Å². The molecule has 1 fully saturated rings. The molecule has 0 aromatic carbocycles. The maximum Gasteiger partial charge on any atom is 0.242 e. The van der Waals surface area contributed by atoms with E-state index in [1.54, 1.807) is 11.2 Å². The molecule has 0 radical (unpaired) electrons. The maximum absolute atomic E-state index is 11.8. The zero-order valence-corrected chi connectivity index (χ0v) is 11.4. The fraction of sp³-hybridized carbons (Fsp3) is 0.615. The first-order chi connectivity index (χ1) is 8.49. The second-order valence-electron chi connectivity index (χ2n) is 5.19. The average Bonchev–Trinajstić information content (AvgIpc) is 2.35. The number of likely N-dealkylation sites (N-methyl/N-ethyl adjacent to an activating group) is 1. The van der Waals surface area contributed by atoms with Crippen LogP contribution in [0.3, 0.4) is 0 Å². The first-order valence-electron chi connectivity index (χ1n) is 6.31. The number of hydrogen-bond acceptors (Lipinski definition) is 4. The van der Waals surface area contributed by atoms with Crippen molar-refractivity contribution in [2.45, 2.75) is 32.7 Å². The number of rotatable bonds is 2. The van der Waals surface area contributed by atoms with Gasteiger partial charge in [-0.3, -0.25) is 4.79 Å². The van der Waals surface area contributed by atoms with E-state index in [1.807, 2.05) is 18.0 Å². The van der Waals surface area contributed by atoms with Crippen LogP contribution in [0.5, 0.6) is 0 Å². The molecule has 2 heterocycles. The van der Waals surface area contributed by atoms with Gasteiger partial charge in [0.05, 0.1) is 6.54 Å². The fourth-order valence-electron chi connectivity index (χ4n) is 2.05. The van der Waals surface area contributed by atoms with Crippen LogP contribution in [0.2, 0.25) is 0 Å². The van der Waals surface area contributed by atoms with Crippen LogP contribution < -0.4 is 4.90 Å². The Morgan fingerprint density at radius 1 is 1.39 bits per heavy atom. The monoisotopic (exact) mass is 248 g/mol. The second kappa shape index (κ2) is 4.92. The zero-order valence-electron chi connectivity index (χ0n) is 11.4. The first kappa shape index (κ1) is 12.8. The molecular weight excluding hydrogens is 228 g/mol. The van der Waals surface area contributed by atoms with E-state index in [0.29, 0.717) is 12.5 Å². The Kier molecular flexibility index (Phi) is 3.50. The van der Waals surface area contributed by atoms with E-state index in [9.17, 15) is 4.79 Å². The Bertz CT molecular complexity index is 446. The minimum atomic E-state index is 0.137. The highest BCUT2D eigenvalue weighted by Crippen LogP contribution is 2.20. The van der Waals surface area contributed by atoms with Crippen LogP contribution >= 0.6 is 0 Å². The summed E-state index contributed by atoms with van der Waals surface area (Å²) in [5.41, 5.74) is 1.01. The van der Waals surface area contributed by atoms with Crippen LogP contribution in [0.4, 0.5) is 5.82 Å². The predicted octanol–water partition coefficient (Wildman–Crippen LogP) is 1.27. The van der Waals surface area contributed by atoms with Gasteiger partial charge in [-0.05, 0) is 12.8 Å². The number of aromatic nitrogens is 2. The zero-order chi connectivity index (χ0) is 13.3.